The van der Waals surface area contributed by atoms with Gasteiger partial charge in [-0.15, -0.1) is 0 Å². The molecule has 0 bridgehead atoms. The average molecular weight is 431 g/mol. The molecule has 0 aromatic carbocycles. The Balaban J connectivity index is 1.31. The van der Waals surface area contributed by atoms with Crippen LogP contribution in [-0.2, 0) is 0 Å². The summed E-state index contributed by atoms with van der Waals surface area (Å²) in [6.07, 6.45) is 9.51. The summed E-state index contributed by atoms with van der Waals surface area (Å²) in [7, 11) is 0. The molecule has 0 radical (unpaired) electrons. The predicted octanol–water partition coefficient (Wildman–Crippen LogP) is 4.90. The van der Waals surface area contributed by atoms with Crippen molar-refractivity contribution in [3.8, 4) is 0 Å². The molecule has 0 spiro atoms. The zero-order valence-corrected chi connectivity index (χ0v) is 18.9. The fourth-order valence-electron chi connectivity index (χ4n) is 4.14. The Morgan fingerprint density at radius 2 is 1.84 bits per heavy atom. The van der Waals surface area contributed by atoms with Crippen molar-refractivity contribution in [2.75, 3.05) is 10.6 Å². The molecular weight excluding hydrogens is 400 g/mol. The van der Waals surface area contributed by atoms with Gasteiger partial charge < -0.3 is 16.0 Å². The molecule has 3 N–H and O–H groups in total. The Bertz CT molecular complexity index is 1140. The van der Waals surface area contributed by atoms with Gasteiger partial charge in [-0.1, -0.05) is 20.8 Å². The van der Waals surface area contributed by atoms with Crippen LogP contribution in [0.15, 0.2) is 42.9 Å². The Hall–Kier alpha value is -3.22. The van der Waals surface area contributed by atoms with E-state index >= 15 is 0 Å². The molecule has 2 aliphatic rings. The van der Waals surface area contributed by atoms with Crippen LogP contribution in [0.4, 0.5) is 17.3 Å². The van der Waals surface area contributed by atoms with Crippen LogP contribution in [0.3, 0.4) is 0 Å². The highest BCUT2D eigenvalue weighted by Crippen LogP contribution is 2.41. The molecule has 0 saturated heterocycles. The molecule has 1 amide bonds. The average Bonchev–Trinajstić information content (AvgIpc) is 3.53. The molecule has 3 heterocycles. The maximum absolute atomic E-state index is 13.0. The monoisotopic (exact) mass is 430 g/mol. The van der Waals surface area contributed by atoms with E-state index in [1.807, 2.05) is 24.3 Å². The number of rotatable bonds is 6. The van der Waals surface area contributed by atoms with E-state index in [4.69, 9.17) is 0 Å². The van der Waals surface area contributed by atoms with Crippen LogP contribution < -0.4 is 16.0 Å². The lowest BCUT2D eigenvalue weighted by atomic mass is 9.66. The number of nitrogens with one attached hydrogen (secondary N) is 3. The summed E-state index contributed by atoms with van der Waals surface area (Å²) in [6, 6.07) is 8.34. The Labute approximate surface area is 188 Å². The number of amides is 1. The minimum Gasteiger partial charge on any atom is -0.382 e. The molecule has 0 unspecified atom stereocenters. The normalized spacial score (nSPS) is 20.5. The maximum Gasteiger partial charge on any atom is 0.255 e. The first-order chi connectivity index (χ1) is 15.3. The first-order valence-electron chi connectivity index (χ1n) is 11.4. The quantitative estimate of drug-likeness (QED) is 0.515. The van der Waals surface area contributed by atoms with Gasteiger partial charge in [0.05, 0.1) is 16.8 Å². The lowest BCUT2D eigenvalue weighted by molar-refractivity contribution is 0.0746. The van der Waals surface area contributed by atoms with E-state index in [1.54, 1.807) is 18.6 Å². The van der Waals surface area contributed by atoms with Crippen LogP contribution in [0.5, 0.6) is 0 Å². The fourth-order valence-corrected chi connectivity index (χ4v) is 4.14. The van der Waals surface area contributed by atoms with Gasteiger partial charge in [0.1, 0.15) is 11.6 Å². The molecule has 2 fully saturated rings. The Morgan fingerprint density at radius 1 is 1.03 bits per heavy atom. The standard InChI is InChI=1S/C25H30N6O/c1-25(2,3)16-10-18(11-16)29-24(32)19-14-27-23(12-21(19)28-17-5-6-17)31-22-7-4-15-13-26-9-8-20(15)30-22/h4,7-9,12-14,16-18H,5-6,10-11H2,1-3H3,(H,29,32)(H2,27,28,30,31). The number of carbonyl (C=O) groups excluding carboxylic acids is 1. The van der Waals surface area contributed by atoms with Crippen molar-refractivity contribution in [2.24, 2.45) is 11.3 Å². The number of aromatic nitrogens is 3. The lowest BCUT2D eigenvalue weighted by Crippen LogP contribution is -2.48. The minimum absolute atomic E-state index is 0.0547. The van der Waals surface area contributed by atoms with E-state index in [0.717, 1.165) is 42.3 Å². The van der Waals surface area contributed by atoms with Gasteiger partial charge in [0.2, 0.25) is 0 Å². The highest BCUT2D eigenvalue weighted by atomic mass is 16.1. The van der Waals surface area contributed by atoms with Gasteiger partial charge in [0, 0.05) is 42.1 Å². The first-order valence-corrected chi connectivity index (χ1v) is 11.4. The van der Waals surface area contributed by atoms with Gasteiger partial charge >= 0.3 is 0 Å². The van der Waals surface area contributed by atoms with Crippen LogP contribution in [0.25, 0.3) is 10.9 Å². The topological polar surface area (TPSA) is 91.8 Å². The predicted molar refractivity (Wildman–Crippen MR) is 127 cm³/mol. The molecule has 3 aromatic heterocycles. The van der Waals surface area contributed by atoms with Crippen LogP contribution >= 0.6 is 0 Å². The van der Waals surface area contributed by atoms with Crippen molar-refractivity contribution in [1.82, 2.24) is 20.3 Å². The van der Waals surface area contributed by atoms with Crippen molar-refractivity contribution in [2.45, 2.75) is 58.5 Å². The van der Waals surface area contributed by atoms with Crippen molar-refractivity contribution < 1.29 is 4.79 Å². The van der Waals surface area contributed by atoms with Crippen molar-refractivity contribution in [3.63, 3.8) is 0 Å². The number of anilines is 3. The summed E-state index contributed by atoms with van der Waals surface area (Å²) in [5.74, 6) is 1.96. The Kier molecular flexibility index (Phi) is 5.19. The molecule has 2 saturated carbocycles. The number of pyridine rings is 3. The van der Waals surface area contributed by atoms with E-state index in [-0.39, 0.29) is 11.9 Å². The molecule has 7 nitrogen and oxygen atoms in total. The summed E-state index contributed by atoms with van der Waals surface area (Å²) in [5.41, 5.74) is 2.58. The Morgan fingerprint density at radius 3 is 2.59 bits per heavy atom. The SMILES string of the molecule is CC(C)(C)C1CC(NC(=O)c2cnc(Nc3ccc4cnccc4n3)cc2NC2CC2)C1. The zero-order valence-electron chi connectivity index (χ0n) is 18.9. The molecule has 7 heteroatoms. The second-order valence-corrected chi connectivity index (χ2v) is 10.1. The molecule has 2 aliphatic carbocycles. The van der Waals surface area contributed by atoms with Crippen molar-refractivity contribution in [1.29, 1.82) is 0 Å². The number of nitrogens with zero attached hydrogens (tertiary/aromatic N) is 3. The van der Waals surface area contributed by atoms with E-state index in [1.165, 1.54) is 0 Å². The van der Waals surface area contributed by atoms with Gasteiger partial charge in [-0.25, -0.2) is 9.97 Å². The lowest BCUT2D eigenvalue weighted by Gasteiger charge is -2.44. The molecule has 5 rings (SSSR count). The first kappa shape index (κ1) is 20.7. The van der Waals surface area contributed by atoms with Crippen LogP contribution in [0.1, 0.15) is 56.8 Å². The zero-order chi connectivity index (χ0) is 22.3. The van der Waals surface area contributed by atoms with Gasteiger partial charge in [0.25, 0.3) is 5.91 Å². The highest BCUT2D eigenvalue weighted by molar-refractivity contribution is 6.00. The van der Waals surface area contributed by atoms with Crippen LogP contribution in [-0.4, -0.2) is 32.9 Å². The van der Waals surface area contributed by atoms with E-state index < -0.39 is 0 Å². The smallest absolute Gasteiger partial charge is 0.255 e. The van der Waals surface area contributed by atoms with Gasteiger partial charge in [0.15, 0.2) is 0 Å². The van der Waals surface area contributed by atoms with Crippen LogP contribution in [0.2, 0.25) is 0 Å². The summed E-state index contributed by atoms with van der Waals surface area (Å²) in [6.45, 7) is 6.80. The summed E-state index contributed by atoms with van der Waals surface area (Å²) >= 11 is 0. The largest absolute Gasteiger partial charge is 0.382 e. The molecule has 32 heavy (non-hydrogen) atoms. The van der Waals surface area contributed by atoms with E-state index in [9.17, 15) is 4.79 Å². The molecule has 3 aromatic rings. The van der Waals surface area contributed by atoms with Crippen molar-refractivity contribution in [3.05, 3.63) is 48.4 Å². The third kappa shape index (κ3) is 4.52. The molecule has 166 valence electrons. The molecular formula is C25H30N6O. The number of carbonyl (C=O) groups is 1. The summed E-state index contributed by atoms with van der Waals surface area (Å²) < 4.78 is 0. The van der Waals surface area contributed by atoms with Gasteiger partial charge in [-0.05, 0) is 55.2 Å². The molecule has 0 aliphatic heterocycles. The number of hydrogen-bond acceptors (Lipinski definition) is 6. The maximum atomic E-state index is 13.0. The minimum atomic E-state index is -0.0547. The fraction of sp³-hybridized carbons (Fsp3) is 0.440. The van der Waals surface area contributed by atoms with Crippen molar-refractivity contribution >= 4 is 34.1 Å². The summed E-state index contributed by atoms with van der Waals surface area (Å²) in [5, 5.41) is 10.9. The number of hydrogen-bond donors (Lipinski definition) is 3. The molecule has 0 atom stereocenters. The highest BCUT2D eigenvalue weighted by Gasteiger charge is 2.38. The second kappa shape index (κ2) is 8.04. The van der Waals surface area contributed by atoms with Gasteiger partial charge in [-0.2, -0.15) is 0 Å². The van der Waals surface area contributed by atoms with Gasteiger partial charge in [-0.3, -0.25) is 9.78 Å². The second-order valence-electron chi connectivity index (χ2n) is 10.1. The number of fused-ring (bicyclic) bond motifs is 1. The summed E-state index contributed by atoms with van der Waals surface area (Å²) in [4.78, 5) is 26.3. The van der Waals surface area contributed by atoms with Crippen LogP contribution in [0, 0.1) is 11.3 Å². The van der Waals surface area contributed by atoms with E-state index in [0.29, 0.717) is 34.6 Å². The third-order valence-corrected chi connectivity index (χ3v) is 6.53. The van der Waals surface area contributed by atoms with E-state index in [2.05, 4.69) is 51.7 Å². The third-order valence-electron chi connectivity index (χ3n) is 6.53.